The van der Waals surface area contributed by atoms with Gasteiger partial charge in [-0.2, -0.15) is 4.98 Å². The van der Waals surface area contributed by atoms with E-state index in [-0.39, 0.29) is 15.2 Å². The molecule has 2 aliphatic rings. The first-order valence-electron chi connectivity index (χ1n) is 8.50. The van der Waals surface area contributed by atoms with Gasteiger partial charge in [0.1, 0.15) is 17.0 Å². The van der Waals surface area contributed by atoms with Crippen LogP contribution < -0.4 is 0 Å². The van der Waals surface area contributed by atoms with E-state index in [9.17, 15) is 0 Å². The average molecular weight is 417 g/mol. The number of fused-ring (bicyclic) bond motifs is 3. The number of hydrogen-bond donors (Lipinski definition) is 0. The Morgan fingerprint density at radius 3 is 2.56 bits per heavy atom. The second-order valence-corrected chi connectivity index (χ2v) is 9.63. The van der Waals surface area contributed by atoms with Crippen molar-refractivity contribution in [1.82, 2.24) is 19.9 Å². The van der Waals surface area contributed by atoms with Crippen LogP contribution in [0, 0.1) is 19.7 Å². The lowest BCUT2D eigenvalue weighted by atomic mass is 10.0. The van der Waals surface area contributed by atoms with Gasteiger partial charge in [0, 0.05) is 5.56 Å². The maximum absolute atomic E-state index is 15.5. The first-order chi connectivity index (χ1) is 13.0. The number of thioether (sulfide) groups is 2. The standard InChI is InChI=1S/C19H14ClFN4S2/c1-9-10(2)23-17-16(22-9)15(24-18(20)25-17)12-3-4-13-11(14(12)21)5-6-19(13)26-7-8-27-19/h3-4,7-8H,5-6H2,1-2H3. The van der Waals surface area contributed by atoms with Gasteiger partial charge in [-0.1, -0.05) is 6.07 Å². The quantitative estimate of drug-likeness (QED) is 0.485. The van der Waals surface area contributed by atoms with Gasteiger partial charge in [-0.3, -0.25) is 0 Å². The van der Waals surface area contributed by atoms with Crippen LogP contribution in [0.1, 0.15) is 28.9 Å². The van der Waals surface area contributed by atoms with Gasteiger partial charge in [0.05, 0.1) is 15.5 Å². The fraction of sp³-hybridized carbons (Fsp3) is 0.263. The number of aromatic nitrogens is 4. The number of hydrogen-bond acceptors (Lipinski definition) is 6. The molecule has 0 saturated heterocycles. The zero-order chi connectivity index (χ0) is 18.8. The third-order valence-electron chi connectivity index (χ3n) is 5.10. The Hall–Kier alpha value is -1.70. The molecule has 0 N–H and O–H groups in total. The van der Waals surface area contributed by atoms with E-state index in [0.29, 0.717) is 28.8 Å². The summed E-state index contributed by atoms with van der Waals surface area (Å²) in [5, 5.41) is 4.21. The third kappa shape index (κ3) is 2.59. The molecule has 0 atom stereocenters. The molecule has 4 nitrogen and oxygen atoms in total. The second-order valence-electron chi connectivity index (χ2n) is 6.62. The highest BCUT2D eigenvalue weighted by molar-refractivity contribution is 8.22. The summed E-state index contributed by atoms with van der Waals surface area (Å²) >= 11 is 9.63. The van der Waals surface area contributed by atoms with Gasteiger partial charge in [-0.05, 0) is 66.3 Å². The predicted molar refractivity (Wildman–Crippen MR) is 109 cm³/mol. The summed E-state index contributed by atoms with van der Waals surface area (Å²) in [6.45, 7) is 3.72. The van der Waals surface area contributed by atoms with E-state index < -0.39 is 0 Å². The molecule has 5 rings (SSSR count). The molecule has 3 heterocycles. The SMILES string of the molecule is Cc1nc2nc(Cl)nc(-c3ccc4c(c3F)CCC43SC=CS3)c2nc1C. The molecule has 1 aliphatic heterocycles. The van der Waals surface area contributed by atoms with E-state index >= 15 is 4.39 Å². The lowest BCUT2D eigenvalue weighted by Crippen LogP contribution is -2.09. The third-order valence-corrected chi connectivity index (χ3v) is 8.17. The Balaban J connectivity index is 1.74. The van der Waals surface area contributed by atoms with Gasteiger partial charge in [-0.25, -0.2) is 19.3 Å². The Morgan fingerprint density at radius 1 is 1.04 bits per heavy atom. The second kappa shape index (κ2) is 6.15. The Kier molecular flexibility index (Phi) is 3.97. The molecule has 0 radical (unpaired) electrons. The van der Waals surface area contributed by atoms with Crippen molar-refractivity contribution in [1.29, 1.82) is 0 Å². The molecule has 0 saturated carbocycles. The molecular weight excluding hydrogens is 403 g/mol. The molecule has 0 amide bonds. The van der Waals surface area contributed by atoms with E-state index in [4.69, 9.17) is 11.6 Å². The molecule has 1 aliphatic carbocycles. The summed E-state index contributed by atoms with van der Waals surface area (Å²) in [5.41, 5.74) is 5.01. The van der Waals surface area contributed by atoms with Crippen molar-refractivity contribution in [2.24, 2.45) is 0 Å². The summed E-state index contributed by atoms with van der Waals surface area (Å²) in [6, 6.07) is 3.81. The highest BCUT2D eigenvalue weighted by atomic mass is 35.5. The van der Waals surface area contributed by atoms with Gasteiger partial charge in [0.25, 0.3) is 0 Å². The van der Waals surface area contributed by atoms with E-state index in [1.807, 2.05) is 19.9 Å². The van der Waals surface area contributed by atoms with E-state index in [2.05, 4.69) is 30.8 Å². The van der Waals surface area contributed by atoms with Crippen LogP contribution in [0.4, 0.5) is 4.39 Å². The minimum atomic E-state index is -0.242. The first kappa shape index (κ1) is 17.4. The lowest BCUT2D eigenvalue weighted by Gasteiger charge is -2.22. The smallest absolute Gasteiger partial charge is 0.225 e. The van der Waals surface area contributed by atoms with Crippen LogP contribution in [0.3, 0.4) is 0 Å². The minimum Gasteiger partial charge on any atom is -0.246 e. The van der Waals surface area contributed by atoms with E-state index in [1.54, 1.807) is 29.6 Å². The van der Waals surface area contributed by atoms with E-state index in [1.165, 1.54) is 0 Å². The van der Waals surface area contributed by atoms with Crippen LogP contribution in [0.5, 0.6) is 0 Å². The highest BCUT2D eigenvalue weighted by Gasteiger charge is 2.42. The minimum absolute atomic E-state index is 0.0394. The average Bonchev–Trinajstić information content (AvgIpc) is 3.25. The molecule has 27 heavy (non-hydrogen) atoms. The molecule has 136 valence electrons. The largest absolute Gasteiger partial charge is 0.246 e. The number of nitrogens with zero attached hydrogens (tertiary/aromatic N) is 4. The van der Waals surface area contributed by atoms with Gasteiger partial charge in [0.2, 0.25) is 5.28 Å². The van der Waals surface area contributed by atoms with Crippen LogP contribution in [-0.4, -0.2) is 19.9 Å². The Morgan fingerprint density at radius 2 is 1.78 bits per heavy atom. The summed E-state index contributed by atoms with van der Waals surface area (Å²) in [7, 11) is 0. The highest BCUT2D eigenvalue weighted by Crippen LogP contribution is 2.60. The number of benzene rings is 1. The fourth-order valence-corrected chi connectivity index (χ4v) is 6.33. The first-order valence-corrected chi connectivity index (χ1v) is 10.6. The van der Waals surface area contributed by atoms with Crippen molar-refractivity contribution >= 4 is 46.3 Å². The molecule has 1 aromatic carbocycles. The van der Waals surface area contributed by atoms with Crippen LogP contribution >= 0.6 is 35.1 Å². The van der Waals surface area contributed by atoms with Crippen molar-refractivity contribution in [2.75, 3.05) is 0 Å². The van der Waals surface area contributed by atoms with Crippen molar-refractivity contribution in [3.63, 3.8) is 0 Å². The lowest BCUT2D eigenvalue weighted by molar-refractivity contribution is 0.615. The summed E-state index contributed by atoms with van der Waals surface area (Å²) < 4.78 is 15.5. The molecule has 3 aromatic rings. The van der Waals surface area contributed by atoms with Crippen LogP contribution in [0.15, 0.2) is 22.9 Å². The van der Waals surface area contributed by atoms with Gasteiger partial charge in [-0.15, -0.1) is 23.5 Å². The van der Waals surface area contributed by atoms with Crippen LogP contribution in [0.2, 0.25) is 5.28 Å². The summed E-state index contributed by atoms with van der Waals surface area (Å²) in [5.74, 6) is -0.242. The number of halogens is 2. The Labute approximate surface area is 169 Å². The molecule has 1 spiro atoms. The van der Waals surface area contributed by atoms with Gasteiger partial charge < -0.3 is 0 Å². The topological polar surface area (TPSA) is 51.6 Å². The maximum atomic E-state index is 15.5. The summed E-state index contributed by atoms with van der Waals surface area (Å²) in [4.78, 5) is 17.5. The van der Waals surface area contributed by atoms with Crippen LogP contribution in [-0.2, 0) is 10.5 Å². The molecule has 2 aromatic heterocycles. The van der Waals surface area contributed by atoms with Crippen LogP contribution in [0.25, 0.3) is 22.4 Å². The van der Waals surface area contributed by atoms with Gasteiger partial charge >= 0.3 is 0 Å². The molecule has 0 fully saturated rings. The molecule has 0 bridgehead atoms. The van der Waals surface area contributed by atoms with Crippen molar-refractivity contribution in [3.8, 4) is 11.3 Å². The molecule has 8 heteroatoms. The predicted octanol–water partition coefficient (Wildman–Crippen LogP) is 5.55. The van der Waals surface area contributed by atoms with Gasteiger partial charge in [0.15, 0.2) is 5.65 Å². The molecule has 0 unspecified atom stereocenters. The Bertz CT molecular complexity index is 1140. The fourth-order valence-electron chi connectivity index (χ4n) is 3.65. The summed E-state index contributed by atoms with van der Waals surface area (Å²) in [6.07, 6.45) is 1.62. The maximum Gasteiger partial charge on any atom is 0.225 e. The van der Waals surface area contributed by atoms with Crippen molar-refractivity contribution < 1.29 is 4.39 Å². The number of aryl methyl sites for hydroxylation is 2. The monoisotopic (exact) mass is 416 g/mol. The van der Waals surface area contributed by atoms with E-state index in [0.717, 1.165) is 28.9 Å². The van der Waals surface area contributed by atoms with Crippen molar-refractivity contribution in [2.45, 2.75) is 30.8 Å². The van der Waals surface area contributed by atoms with Crippen molar-refractivity contribution in [3.05, 3.63) is 56.6 Å². The zero-order valence-corrected chi connectivity index (χ0v) is 17.0. The number of rotatable bonds is 1. The zero-order valence-electron chi connectivity index (χ0n) is 14.6. The molecular formula is C19H14ClFN4S2. The normalized spacial score (nSPS) is 17.2.